The maximum absolute atomic E-state index is 10.5. The molecular weight excluding hydrogens is 142 g/mol. The van der Waals surface area contributed by atoms with E-state index in [1.807, 2.05) is 13.8 Å². The van der Waals surface area contributed by atoms with Crippen LogP contribution in [-0.2, 0) is 4.79 Å². The van der Waals surface area contributed by atoms with Crippen molar-refractivity contribution in [3.63, 3.8) is 0 Å². The molecule has 2 atom stereocenters. The summed E-state index contributed by atoms with van der Waals surface area (Å²) in [6, 6.07) is -0.428. The lowest BCUT2D eigenvalue weighted by Crippen LogP contribution is -2.28. The summed E-state index contributed by atoms with van der Waals surface area (Å²) in [5.74, 6) is -1.31. The van der Waals surface area contributed by atoms with Crippen LogP contribution in [0.2, 0.25) is 0 Å². The molecule has 0 spiro atoms. The summed E-state index contributed by atoms with van der Waals surface area (Å²) < 4.78 is 0. The van der Waals surface area contributed by atoms with Crippen LogP contribution in [0.5, 0.6) is 0 Å². The van der Waals surface area contributed by atoms with Gasteiger partial charge in [0, 0.05) is 6.04 Å². The zero-order valence-corrected chi connectivity index (χ0v) is 7.13. The van der Waals surface area contributed by atoms with Gasteiger partial charge in [0.15, 0.2) is 0 Å². The number of hydrogen-bond acceptors (Lipinski definition) is 1. The molecule has 0 aromatic rings. The van der Waals surface area contributed by atoms with E-state index in [4.69, 9.17) is 10.8 Å². The van der Waals surface area contributed by atoms with Gasteiger partial charge < -0.3 is 5.11 Å². The summed E-state index contributed by atoms with van der Waals surface area (Å²) in [4.78, 5) is 10.5. The zero-order chi connectivity index (χ0) is 8.85. The molecule has 0 aliphatic heterocycles. The van der Waals surface area contributed by atoms with Gasteiger partial charge in [-0.05, 0) is 12.8 Å². The van der Waals surface area contributed by atoms with Crippen LogP contribution in [0.4, 0.5) is 0 Å². The Morgan fingerprint density at radius 1 is 1.55 bits per heavy atom. The van der Waals surface area contributed by atoms with Crippen molar-refractivity contribution >= 4 is 5.97 Å². The Morgan fingerprint density at radius 3 is 2.36 bits per heavy atom. The van der Waals surface area contributed by atoms with Crippen molar-refractivity contribution in [2.24, 2.45) is 5.92 Å². The van der Waals surface area contributed by atoms with Gasteiger partial charge in [0.25, 0.3) is 0 Å². The lowest BCUT2D eigenvalue weighted by atomic mass is 9.94. The van der Waals surface area contributed by atoms with Crippen molar-refractivity contribution in [1.82, 2.24) is 5.73 Å². The van der Waals surface area contributed by atoms with E-state index in [1.54, 1.807) is 0 Å². The fourth-order valence-corrected chi connectivity index (χ4v) is 1.14. The minimum atomic E-state index is -0.832. The number of rotatable bonds is 5. The van der Waals surface area contributed by atoms with Crippen molar-refractivity contribution in [3.8, 4) is 0 Å². The summed E-state index contributed by atoms with van der Waals surface area (Å²) >= 11 is 0. The summed E-state index contributed by atoms with van der Waals surface area (Å²) in [7, 11) is 0. The third kappa shape index (κ3) is 3.37. The Labute approximate surface area is 67.6 Å². The lowest BCUT2D eigenvalue weighted by Gasteiger charge is -2.16. The molecule has 2 unspecified atom stereocenters. The fraction of sp³-hybridized carbons (Fsp3) is 0.875. The van der Waals surface area contributed by atoms with Crippen molar-refractivity contribution in [1.29, 1.82) is 0 Å². The van der Waals surface area contributed by atoms with Crippen LogP contribution in [-0.4, -0.2) is 17.1 Å². The molecule has 0 bridgehead atoms. The van der Waals surface area contributed by atoms with Crippen molar-refractivity contribution in [3.05, 3.63) is 0 Å². The van der Waals surface area contributed by atoms with Crippen molar-refractivity contribution in [2.75, 3.05) is 0 Å². The monoisotopic (exact) mass is 158 g/mol. The molecule has 0 aromatic heterocycles. The van der Waals surface area contributed by atoms with E-state index in [0.717, 1.165) is 6.42 Å². The zero-order valence-electron chi connectivity index (χ0n) is 7.13. The molecule has 11 heavy (non-hydrogen) atoms. The lowest BCUT2D eigenvalue weighted by molar-refractivity contribution is -0.142. The minimum absolute atomic E-state index is 0.428. The smallest absolute Gasteiger partial charge is 0.308 e. The van der Waals surface area contributed by atoms with Crippen LogP contribution >= 0.6 is 0 Å². The Bertz CT molecular complexity index is 125. The highest BCUT2D eigenvalue weighted by Gasteiger charge is 2.22. The van der Waals surface area contributed by atoms with Crippen LogP contribution in [0.25, 0.3) is 0 Å². The average Bonchev–Trinajstić information content (AvgIpc) is 1.88. The molecular formula is C8H16NO2. The highest BCUT2D eigenvalue weighted by atomic mass is 16.4. The summed E-state index contributed by atoms with van der Waals surface area (Å²) in [5, 5.41) is 8.65. The van der Waals surface area contributed by atoms with Gasteiger partial charge in [-0.2, -0.15) is 0 Å². The molecule has 0 fully saturated rings. The van der Waals surface area contributed by atoms with E-state index in [1.165, 1.54) is 0 Å². The number of carboxylic acids is 1. The molecule has 0 heterocycles. The number of nitrogens with one attached hydrogen (secondary N) is 1. The molecule has 0 aliphatic carbocycles. The van der Waals surface area contributed by atoms with Gasteiger partial charge in [0.05, 0.1) is 5.92 Å². The van der Waals surface area contributed by atoms with E-state index < -0.39 is 17.9 Å². The van der Waals surface area contributed by atoms with E-state index in [2.05, 4.69) is 0 Å². The first-order chi connectivity index (χ1) is 5.13. The van der Waals surface area contributed by atoms with Gasteiger partial charge in [-0.25, -0.2) is 0 Å². The van der Waals surface area contributed by atoms with E-state index in [9.17, 15) is 4.79 Å². The number of aliphatic carboxylic acids is 1. The molecule has 3 heteroatoms. The van der Waals surface area contributed by atoms with Crippen molar-refractivity contribution < 1.29 is 9.90 Å². The number of carboxylic acid groups (broad SMARTS) is 1. The largest absolute Gasteiger partial charge is 0.481 e. The number of hydrogen-bond donors (Lipinski definition) is 1. The van der Waals surface area contributed by atoms with Crippen LogP contribution in [0.3, 0.4) is 0 Å². The molecule has 3 nitrogen and oxygen atoms in total. The average molecular weight is 158 g/mol. The Hall–Kier alpha value is -0.570. The SMILES string of the molecule is CCCC([NH])C(CC)C(=O)O. The quantitative estimate of drug-likeness (QED) is 0.659. The topological polar surface area (TPSA) is 61.1 Å². The summed E-state index contributed by atoms with van der Waals surface area (Å²) in [5.41, 5.74) is 7.48. The molecule has 1 radical (unpaired) electrons. The Morgan fingerprint density at radius 2 is 2.09 bits per heavy atom. The van der Waals surface area contributed by atoms with Gasteiger partial charge in [-0.1, -0.05) is 20.3 Å². The van der Waals surface area contributed by atoms with E-state index >= 15 is 0 Å². The van der Waals surface area contributed by atoms with Gasteiger partial charge >= 0.3 is 5.97 Å². The van der Waals surface area contributed by atoms with Crippen molar-refractivity contribution in [2.45, 2.75) is 39.2 Å². The first kappa shape index (κ1) is 10.4. The Kier molecular flexibility index (Phi) is 4.86. The van der Waals surface area contributed by atoms with Crippen LogP contribution in [0.15, 0.2) is 0 Å². The highest BCUT2D eigenvalue weighted by molar-refractivity contribution is 5.70. The van der Waals surface area contributed by atoms with Gasteiger partial charge in [-0.15, -0.1) is 0 Å². The highest BCUT2D eigenvalue weighted by Crippen LogP contribution is 2.12. The number of carbonyl (C=O) groups is 1. The van der Waals surface area contributed by atoms with E-state index in [-0.39, 0.29) is 0 Å². The fourth-order valence-electron chi connectivity index (χ4n) is 1.14. The second-order valence-corrected chi connectivity index (χ2v) is 2.75. The van der Waals surface area contributed by atoms with Gasteiger partial charge in [-0.3, -0.25) is 10.5 Å². The van der Waals surface area contributed by atoms with Crippen LogP contribution < -0.4 is 5.73 Å². The molecule has 0 aromatic carbocycles. The maximum atomic E-state index is 10.5. The summed E-state index contributed by atoms with van der Waals surface area (Å²) in [6.45, 7) is 3.78. The van der Waals surface area contributed by atoms with Crippen LogP contribution in [0.1, 0.15) is 33.1 Å². The molecule has 0 aliphatic rings. The van der Waals surface area contributed by atoms with Gasteiger partial charge in [0.2, 0.25) is 0 Å². The van der Waals surface area contributed by atoms with Gasteiger partial charge in [0.1, 0.15) is 0 Å². The summed E-state index contributed by atoms with van der Waals surface area (Å²) in [6.07, 6.45) is 2.13. The molecule has 0 saturated carbocycles. The first-order valence-corrected chi connectivity index (χ1v) is 4.07. The molecule has 2 N–H and O–H groups in total. The predicted molar refractivity (Wildman–Crippen MR) is 43.2 cm³/mol. The van der Waals surface area contributed by atoms with Crippen LogP contribution in [0, 0.1) is 5.92 Å². The minimum Gasteiger partial charge on any atom is -0.481 e. The Balaban J connectivity index is 3.91. The van der Waals surface area contributed by atoms with E-state index in [0.29, 0.717) is 12.8 Å². The predicted octanol–water partition coefficient (Wildman–Crippen LogP) is 1.55. The third-order valence-corrected chi connectivity index (χ3v) is 1.84. The molecule has 0 rings (SSSR count). The molecule has 0 amide bonds. The molecule has 0 saturated heterocycles. The second kappa shape index (κ2) is 5.13. The normalized spacial score (nSPS) is 15.9. The maximum Gasteiger partial charge on any atom is 0.308 e. The first-order valence-electron chi connectivity index (χ1n) is 4.07. The molecule has 65 valence electrons. The standard InChI is InChI=1S/C8H16NO2/c1-3-5-7(9)6(4-2)8(10)11/h6-7,9H,3-5H2,1-2H3,(H,10,11). The third-order valence-electron chi connectivity index (χ3n) is 1.84. The second-order valence-electron chi connectivity index (χ2n) is 2.75.